The molecular weight excluding hydrogens is 384 g/mol. The minimum Gasteiger partial charge on any atom is -0.467 e. The lowest BCUT2D eigenvalue weighted by molar-refractivity contribution is -0.578. The van der Waals surface area contributed by atoms with Gasteiger partial charge in [0.2, 0.25) is 11.8 Å². The molecule has 3 aromatic rings. The molecule has 7 heteroatoms. The van der Waals surface area contributed by atoms with E-state index >= 15 is 0 Å². The molecule has 0 N–H and O–H groups in total. The Kier molecular flexibility index (Phi) is 3.23. The third-order valence-electron chi connectivity index (χ3n) is 6.85. The Morgan fingerprint density at radius 3 is 2.13 bits per heavy atom. The maximum Gasteiger partial charge on any atom is 0.284 e. The fraction of sp³-hybridized carbons (Fsp3) is 0.217. The summed E-state index contributed by atoms with van der Waals surface area (Å²) in [7, 11) is 0. The molecule has 30 heavy (non-hydrogen) atoms. The summed E-state index contributed by atoms with van der Waals surface area (Å²) in [5, 5.41) is 12.8. The van der Waals surface area contributed by atoms with E-state index in [1.807, 2.05) is 24.3 Å². The third kappa shape index (κ3) is 1.81. The molecule has 0 unspecified atom stereocenters. The van der Waals surface area contributed by atoms with Gasteiger partial charge in [0.1, 0.15) is 11.7 Å². The second-order valence-corrected chi connectivity index (χ2v) is 8.02. The molecule has 2 aromatic carbocycles. The first-order chi connectivity index (χ1) is 14.6. The molecule has 0 spiro atoms. The van der Waals surface area contributed by atoms with Crippen LogP contribution in [0, 0.1) is 22.0 Å². The SMILES string of the molecule is O=C1[C@@H]2C3c4ccccc4C([N+](=O)[O-])(c4ccccc43)[C@@H]2C(=O)N1Cc1ccco1. The number of hydrogen-bond donors (Lipinski definition) is 0. The number of benzene rings is 2. The Labute approximate surface area is 171 Å². The highest BCUT2D eigenvalue weighted by Gasteiger charge is 2.74. The number of nitro groups is 1. The van der Waals surface area contributed by atoms with Crippen molar-refractivity contribution >= 4 is 11.8 Å². The van der Waals surface area contributed by atoms with Gasteiger partial charge >= 0.3 is 0 Å². The fourth-order valence-corrected chi connectivity index (χ4v) is 5.82. The molecule has 7 nitrogen and oxygen atoms in total. The van der Waals surface area contributed by atoms with Crippen molar-refractivity contribution in [1.82, 2.24) is 4.90 Å². The lowest BCUT2D eigenvalue weighted by Crippen LogP contribution is -2.57. The van der Waals surface area contributed by atoms with Crippen LogP contribution in [0.5, 0.6) is 0 Å². The van der Waals surface area contributed by atoms with E-state index in [0.717, 1.165) is 16.0 Å². The van der Waals surface area contributed by atoms with Crippen molar-refractivity contribution in [3.05, 3.63) is 105 Å². The van der Waals surface area contributed by atoms with Gasteiger partial charge in [0, 0.05) is 22.0 Å². The predicted octanol–water partition coefficient (Wildman–Crippen LogP) is 3.06. The zero-order chi connectivity index (χ0) is 20.6. The lowest BCUT2D eigenvalue weighted by Gasteiger charge is -2.48. The van der Waals surface area contributed by atoms with Crippen molar-refractivity contribution < 1.29 is 18.9 Å². The van der Waals surface area contributed by atoms with Crippen molar-refractivity contribution in [2.45, 2.75) is 18.0 Å². The molecule has 7 rings (SSSR count). The first-order valence-corrected chi connectivity index (χ1v) is 9.77. The van der Waals surface area contributed by atoms with Crippen LogP contribution < -0.4 is 0 Å². The third-order valence-corrected chi connectivity index (χ3v) is 6.85. The number of nitrogens with zero attached hydrogens (tertiary/aromatic N) is 2. The van der Waals surface area contributed by atoms with Gasteiger partial charge in [0.15, 0.2) is 0 Å². The minimum atomic E-state index is -1.78. The second-order valence-electron chi connectivity index (χ2n) is 8.02. The zero-order valence-electron chi connectivity index (χ0n) is 15.7. The molecule has 2 atom stereocenters. The smallest absolute Gasteiger partial charge is 0.284 e. The van der Waals surface area contributed by atoms with Crippen LogP contribution in [0.25, 0.3) is 0 Å². The number of amides is 2. The van der Waals surface area contributed by atoms with E-state index in [9.17, 15) is 19.7 Å². The van der Waals surface area contributed by atoms with Gasteiger partial charge in [0.05, 0.1) is 18.7 Å². The average molecular weight is 400 g/mol. The van der Waals surface area contributed by atoms with Crippen LogP contribution in [0.1, 0.15) is 33.9 Å². The van der Waals surface area contributed by atoms with Gasteiger partial charge in [-0.2, -0.15) is 0 Å². The van der Waals surface area contributed by atoms with Crippen LogP contribution in [0.3, 0.4) is 0 Å². The summed E-state index contributed by atoms with van der Waals surface area (Å²) in [6.45, 7) is -0.0229. The summed E-state index contributed by atoms with van der Waals surface area (Å²) in [6, 6.07) is 17.7. The molecule has 0 saturated carbocycles. The first kappa shape index (κ1) is 17.1. The highest BCUT2D eigenvalue weighted by Crippen LogP contribution is 2.64. The van der Waals surface area contributed by atoms with Crippen molar-refractivity contribution in [2.75, 3.05) is 0 Å². The summed E-state index contributed by atoms with van der Waals surface area (Å²) in [4.78, 5) is 40.6. The van der Waals surface area contributed by atoms with Gasteiger partial charge in [0.25, 0.3) is 5.54 Å². The van der Waals surface area contributed by atoms with E-state index in [0.29, 0.717) is 16.9 Å². The van der Waals surface area contributed by atoms with E-state index < -0.39 is 23.3 Å². The largest absolute Gasteiger partial charge is 0.467 e. The molecule has 1 saturated heterocycles. The molecular formula is C23H16N2O5. The van der Waals surface area contributed by atoms with Gasteiger partial charge in [-0.3, -0.25) is 24.6 Å². The summed E-state index contributed by atoms with van der Waals surface area (Å²) >= 11 is 0. The Balaban J connectivity index is 1.63. The summed E-state index contributed by atoms with van der Waals surface area (Å²) in [6.07, 6.45) is 1.47. The van der Waals surface area contributed by atoms with Crippen molar-refractivity contribution in [1.29, 1.82) is 0 Å². The molecule has 2 bridgehead atoms. The number of hydrogen-bond acceptors (Lipinski definition) is 5. The van der Waals surface area contributed by atoms with Crippen LogP contribution in [0.4, 0.5) is 0 Å². The van der Waals surface area contributed by atoms with E-state index in [2.05, 4.69) is 0 Å². The molecule has 0 radical (unpaired) electrons. The Hall–Kier alpha value is -3.74. The first-order valence-electron chi connectivity index (χ1n) is 9.77. The number of furan rings is 1. The zero-order valence-corrected chi connectivity index (χ0v) is 15.7. The van der Waals surface area contributed by atoms with Crippen LogP contribution in [-0.4, -0.2) is 21.6 Å². The summed E-state index contributed by atoms with van der Waals surface area (Å²) < 4.78 is 5.33. The predicted molar refractivity (Wildman–Crippen MR) is 104 cm³/mol. The van der Waals surface area contributed by atoms with Crippen LogP contribution in [0.2, 0.25) is 0 Å². The lowest BCUT2D eigenvalue weighted by atomic mass is 9.51. The Bertz CT molecular complexity index is 1180. The highest BCUT2D eigenvalue weighted by molar-refractivity contribution is 6.08. The van der Waals surface area contributed by atoms with Crippen LogP contribution >= 0.6 is 0 Å². The topological polar surface area (TPSA) is 93.7 Å². The number of imide groups is 1. The van der Waals surface area contributed by atoms with E-state index in [4.69, 9.17) is 4.42 Å². The molecule has 2 heterocycles. The molecule has 148 valence electrons. The van der Waals surface area contributed by atoms with E-state index in [1.54, 1.807) is 36.4 Å². The minimum absolute atomic E-state index is 0.0229. The number of likely N-dealkylation sites (tertiary alicyclic amines) is 1. The second kappa shape index (κ2) is 5.66. The van der Waals surface area contributed by atoms with E-state index in [-0.39, 0.29) is 23.3 Å². The maximum absolute atomic E-state index is 13.6. The fourth-order valence-electron chi connectivity index (χ4n) is 5.82. The molecule has 1 fully saturated rings. The molecule has 4 aliphatic rings. The normalized spacial score (nSPS) is 28.3. The maximum atomic E-state index is 13.6. The van der Waals surface area contributed by atoms with Gasteiger partial charge < -0.3 is 4.42 Å². The summed E-state index contributed by atoms with van der Waals surface area (Å²) in [5.41, 5.74) is 0.768. The molecule has 2 amide bonds. The Morgan fingerprint density at radius 1 is 0.933 bits per heavy atom. The van der Waals surface area contributed by atoms with Gasteiger partial charge in [-0.25, -0.2) is 0 Å². The number of carbonyl (C=O) groups excluding carboxylic acids is 2. The van der Waals surface area contributed by atoms with Crippen LogP contribution in [0.15, 0.2) is 71.3 Å². The van der Waals surface area contributed by atoms with Gasteiger partial charge in [-0.1, -0.05) is 48.5 Å². The molecule has 1 aliphatic heterocycles. The van der Waals surface area contributed by atoms with Crippen molar-refractivity contribution in [2.24, 2.45) is 11.8 Å². The monoisotopic (exact) mass is 400 g/mol. The van der Waals surface area contributed by atoms with Gasteiger partial charge in [-0.15, -0.1) is 0 Å². The quantitative estimate of drug-likeness (QED) is 0.383. The highest BCUT2D eigenvalue weighted by atomic mass is 16.6. The van der Waals surface area contributed by atoms with Crippen LogP contribution in [-0.2, 0) is 21.7 Å². The van der Waals surface area contributed by atoms with Crippen molar-refractivity contribution in [3.63, 3.8) is 0 Å². The number of rotatable bonds is 3. The summed E-state index contributed by atoms with van der Waals surface area (Å²) in [5.74, 6) is -2.68. The number of carbonyl (C=O) groups is 2. The van der Waals surface area contributed by atoms with E-state index in [1.165, 1.54) is 6.26 Å². The standard InChI is InChI=1S/C23H16N2O5/c26-21-19-18-14-7-1-3-9-16(14)23(25(28)29,17-10-4-2-8-15(17)18)20(19)22(27)24(21)12-13-6-5-11-30-13/h1-11,18-20H,12H2/t18?,19-,20+,23?/m1/s1. The average Bonchev–Trinajstić information content (AvgIpc) is 3.37. The molecule has 3 aliphatic carbocycles. The molecule has 1 aromatic heterocycles. The Morgan fingerprint density at radius 2 is 1.57 bits per heavy atom. The van der Waals surface area contributed by atoms with Crippen molar-refractivity contribution in [3.8, 4) is 0 Å². The van der Waals surface area contributed by atoms with Gasteiger partial charge in [-0.05, 0) is 23.3 Å².